The van der Waals surface area contributed by atoms with Gasteiger partial charge in [-0.1, -0.05) is 30.3 Å². The number of aliphatic hydroxyl groups excluding tert-OH is 1. The smallest absolute Gasteiger partial charge is 0.352 e. The third-order valence-corrected chi connectivity index (χ3v) is 5.50. The van der Waals surface area contributed by atoms with Crippen molar-refractivity contribution < 1.29 is 24.6 Å². The first-order valence-electron chi connectivity index (χ1n) is 7.30. The number of carbonyl (C=O) groups excluding carboxylic acids is 2. The molecule has 2 aliphatic rings. The van der Waals surface area contributed by atoms with E-state index in [9.17, 15) is 24.6 Å². The Morgan fingerprint density at radius 3 is 2.54 bits per heavy atom. The van der Waals surface area contributed by atoms with Crippen LogP contribution in [0.3, 0.4) is 0 Å². The fraction of sp³-hybridized carbons (Fsp3) is 0.312. The van der Waals surface area contributed by atoms with Crippen LogP contribution in [-0.2, 0) is 14.4 Å². The van der Waals surface area contributed by atoms with Gasteiger partial charge in [0.05, 0.1) is 12.5 Å². The van der Waals surface area contributed by atoms with Crippen molar-refractivity contribution in [2.45, 2.75) is 23.1 Å². The van der Waals surface area contributed by atoms with Crippen molar-refractivity contribution in [3.05, 3.63) is 47.7 Å². The molecule has 7 nitrogen and oxygen atoms in total. The molecular weight excluding hydrogens is 332 g/mol. The van der Waals surface area contributed by atoms with E-state index in [-0.39, 0.29) is 11.6 Å². The van der Waals surface area contributed by atoms with E-state index in [1.54, 1.807) is 24.3 Å². The molecule has 0 bridgehead atoms. The standard InChI is InChI=1S/C16H16N2O5S/c1-9(20)17-16(8-19)7-11(15(22)23)18-13(21)12(14(18)24-16)10-5-3-2-4-6-10/h2-7,12,14,19H,8H2,1H3,(H,17,20)(H,22,23)/t12?,14-,16?/m1/s1. The molecule has 0 saturated carbocycles. The maximum atomic E-state index is 12.5. The van der Waals surface area contributed by atoms with Gasteiger partial charge >= 0.3 is 5.97 Å². The van der Waals surface area contributed by atoms with Gasteiger partial charge in [-0.05, 0) is 11.6 Å². The Balaban J connectivity index is 2.02. The van der Waals surface area contributed by atoms with E-state index < -0.39 is 34.6 Å². The van der Waals surface area contributed by atoms with Crippen molar-refractivity contribution in [3.63, 3.8) is 0 Å². The Morgan fingerprint density at radius 1 is 1.33 bits per heavy atom. The first-order valence-corrected chi connectivity index (χ1v) is 8.18. The molecule has 0 aromatic heterocycles. The van der Waals surface area contributed by atoms with Crippen molar-refractivity contribution in [1.82, 2.24) is 10.2 Å². The largest absolute Gasteiger partial charge is 0.477 e. The van der Waals surface area contributed by atoms with Gasteiger partial charge in [-0.15, -0.1) is 11.8 Å². The van der Waals surface area contributed by atoms with E-state index >= 15 is 0 Å². The number of amides is 2. The summed E-state index contributed by atoms with van der Waals surface area (Å²) < 4.78 is 0. The van der Waals surface area contributed by atoms with Crippen molar-refractivity contribution in [3.8, 4) is 0 Å². The predicted octanol–water partition coefficient (Wildman–Crippen LogP) is 0.479. The normalized spacial score (nSPS) is 28.5. The Morgan fingerprint density at radius 2 is 2.00 bits per heavy atom. The van der Waals surface area contributed by atoms with Crippen LogP contribution in [0.1, 0.15) is 18.4 Å². The van der Waals surface area contributed by atoms with Crippen molar-refractivity contribution in [1.29, 1.82) is 0 Å². The average Bonchev–Trinajstić information content (AvgIpc) is 2.54. The second-order valence-corrected chi connectivity index (χ2v) is 7.12. The number of rotatable bonds is 4. The highest BCUT2D eigenvalue weighted by atomic mass is 32.2. The summed E-state index contributed by atoms with van der Waals surface area (Å²) in [6.45, 7) is 0.813. The lowest BCUT2D eigenvalue weighted by Crippen LogP contribution is -2.64. The second kappa shape index (κ2) is 5.95. The third-order valence-electron chi connectivity index (χ3n) is 4.00. The zero-order valence-electron chi connectivity index (χ0n) is 12.8. The lowest BCUT2D eigenvalue weighted by molar-refractivity contribution is -0.148. The van der Waals surface area contributed by atoms with Crippen LogP contribution in [0.25, 0.3) is 0 Å². The molecule has 1 saturated heterocycles. The van der Waals surface area contributed by atoms with Gasteiger partial charge in [0, 0.05) is 6.92 Å². The number of carbonyl (C=O) groups is 3. The number of thioether (sulfide) groups is 1. The first-order chi connectivity index (χ1) is 11.4. The van der Waals surface area contributed by atoms with Crippen LogP contribution >= 0.6 is 11.8 Å². The number of β-lactam (4-membered cyclic amide) rings is 1. The number of hydrogen-bond acceptors (Lipinski definition) is 5. The maximum absolute atomic E-state index is 12.5. The number of benzene rings is 1. The summed E-state index contributed by atoms with van der Waals surface area (Å²) in [6.07, 6.45) is 1.23. The minimum absolute atomic E-state index is 0.223. The van der Waals surface area contributed by atoms with Crippen molar-refractivity contribution in [2.24, 2.45) is 0 Å². The molecule has 0 aliphatic carbocycles. The summed E-state index contributed by atoms with van der Waals surface area (Å²) >= 11 is 1.17. The lowest BCUT2D eigenvalue weighted by Gasteiger charge is -2.52. The van der Waals surface area contributed by atoms with Gasteiger partial charge in [0.1, 0.15) is 15.9 Å². The van der Waals surface area contributed by atoms with Crippen LogP contribution in [-0.4, -0.2) is 49.7 Å². The highest BCUT2D eigenvalue weighted by molar-refractivity contribution is 8.01. The highest BCUT2D eigenvalue weighted by Gasteiger charge is 2.57. The third kappa shape index (κ3) is 2.57. The van der Waals surface area contributed by atoms with Crippen LogP contribution in [0.15, 0.2) is 42.1 Å². The fourth-order valence-electron chi connectivity index (χ4n) is 3.00. The van der Waals surface area contributed by atoms with Gasteiger partial charge in [-0.2, -0.15) is 0 Å². The van der Waals surface area contributed by atoms with Crippen LogP contribution in [0.4, 0.5) is 0 Å². The number of carboxylic acid groups (broad SMARTS) is 1. The van der Waals surface area contributed by atoms with Gasteiger partial charge in [0.2, 0.25) is 11.8 Å². The molecule has 2 amide bonds. The molecule has 1 aromatic rings. The zero-order chi connectivity index (χ0) is 17.5. The Kier molecular flexibility index (Phi) is 4.10. The topological polar surface area (TPSA) is 107 Å². The number of aliphatic hydroxyl groups is 1. The van der Waals surface area contributed by atoms with E-state index in [4.69, 9.17) is 0 Å². The molecule has 3 rings (SSSR count). The summed E-state index contributed by atoms with van der Waals surface area (Å²) in [5.74, 6) is -2.49. The number of carboxylic acids is 1. The molecule has 1 aromatic carbocycles. The molecule has 2 heterocycles. The average molecular weight is 348 g/mol. The summed E-state index contributed by atoms with van der Waals surface area (Å²) in [4.78, 5) is 35.5. The van der Waals surface area contributed by atoms with Gasteiger partial charge in [-0.3, -0.25) is 14.5 Å². The molecule has 0 spiro atoms. The molecule has 3 atom stereocenters. The van der Waals surface area contributed by atoms with E-state index in [2.05, 4.69) is 5.32 Å². The molecule has 0 radical (unpaired) electrons. The number of nitrogens with zero attached hydrogens (tertiary/aromatic N) is 1. The Hall–Kier alpha value is -2.32. The number of aliphatic carboxylic acids is 1. The van der Waals surface area contributed by atoms with E-state index in [1.807, 2.05) is 6.07 Å². The van der Waals surface area contributed by atoms with E-state index in [1.165, 1.54) is 29.7 Å². The van der Waals surface area contributed by atoms with Gasteiger partial charge in [-0.25, -0.2) is 4.79 Å². The second-order valence-electron chi connectivity index (χ2n) is 5.67. The highest BCUT2D eigenvalue weighted by Crippen LogP contribution is 2.51. The van der Waals surface area contributed by atoms with Crippen molar-refractivity contribution in [2.75, 3.05) is 6.61 Å². The summed E-state index contributed by atoms with van der Waals surface area (Å²) in [5, 5.41) is 21.3. The molecule has 1 fully saturated rings. The van der Waals surface area contributed by atoms with Crippen LogP contribution < -0.4 is 5.32 Å². The minimum atomic E-state index is -1.27. The van der Waals surface area contributed by atoms with Gasteiger partial charge in [0.25, 0.3) is 0 Å². The fourth-order valence-corrected chi connectivity index (χ4v) is 4.62. The molecule has 2 unspecified atom stereocenters. The Bertz CT molecular complexity index is 735. The Labute approximate surface area is 142 Å². The van der Waals surface area contributed by atoms with Crippen LogP contribution in [0.2, 0.25) is 0 Å². The SMILES string of the molecule is CC(=O)NC1(CO)C=C(C(=O)O)N2C(=O)C(c3ccccc3)[C@H]2S1. The lowest BCUT2D eigenvalue weighted by atomic mass is 9.88. The van der Waals surface area contributed by atoms with Gasteiger partial charge < -0.3 is 15.5 Å². The maximum Gasteiger partial charge on any atom is 0.352 e. The van der Waals surface area contributed by atoms with Crippen LogP contribution in [0, 0.1) is 0 Å². The predicted molar refractivity (Wildman–Crippen MR) is 86.8 cm³/mol. The summed E-state index contributed by atoms with van der Waals surface area (Å²) in [7, 11) is 0. The number of nitrogens with one attached hydrogen (secondary N) is 1. The first kappa shape index (κ1) is 16.5. The summed E-state index contributed by atoms with van der Waals surface area (Å²) in [6, 6.07) is 9.05. The van der Waals surface area contributed by atoms with Crippen LogP contribution in [0.5, 0.6) is 0 Å². The minimum Gasteiger partial charge on any atom is -0.477 e. The molecule has 126 valence electrons. The monoisotopic (exact) mass is 348 g/mol. The van der Waals surface area contributed by atoms with E-state index in [0.717, 1.165) is 5.56 Å². The molecule has 8 heteroatoms. The molecule has 24 heavy (non-hydrogen) atoms. The quantitative estimate of drug-likeness (QED) is 0.683. The van der Waals surface area contributed by atoms with Crippen molar-refractivity contribution >= 4 is 29.5 Å². The molecule has 3 N–H and O–H groups in total. The van der Waals surface area contributed by atoms with E-state index in [0.29, 0.717) is 0 Å². The number of hydrogen-bond donors (Lipinski definition) is 3. The molecular formula is C16H16N2O5S. The molecule has 2 aliphatic heterocycles. The zero-order valence-corrected chi connectivity index (χ0v) is 13.6. The van der Waals surface area contributed by atoms with Gasteiger partial charge in [0.15, 0.2) is 0 Å². The number of fused-ring (bicyclic) bond motifs is 1. The summed E-state index contributed by atoms with van der Waals surface area (Å²) in [5.41, 5.74) is 0.552.